The van der Waals surface area contributed by atoms with Gasteiger partial charge in [0.15, 0.2) is 0 Å². The Morgan fingerprint density at radius 1 is 1.44 bits per heavy atom. The van der Waals surface area contributed by atoms with Crippen LogP contribution in [0.3, 0.4) is 0 Å². The summed E-state index contributed by atoms with van der Waals surface area (Å²) in [6, 6.07) is 2.04. The summed E-state index contributed by atoms with van der Waals surface area (Å²) in [5, 5.41) is 0.360. The minimum atomic E-state index is -0.0474. The van der Waals surface area contributed by atoms with Crippen LogP contribution in [0.4, 0.5) is 5.82 Å². The fraction of sp³-hybridized carbons (Fsp3) is 0.538. The quantitative estimate of drug-likeness (QED) is 0.851. The monoisotopic (exact) mass is 267 g/mol. The number of hydrogen-bond donors (Lipinski definition) is 1. The number of nitrogens with zero attached hydrogens (tertiary/aromatic N) is 2. The maximum atomic E-state index is 12.6. The molecule has 0 unspecified atom stereocenters. The van der Waals surface area contributed by atoms with Crippen LogP contribution in [0.1, 0.15) is 43.5 Å². The van der Waals surface area contributed by atoms with Crippen molar-refractivity contribution in [3.8, 4) is 0 Å². The number of carbonyl (C=O) groups excluding carboxylic acids is 1. The van der Waals surface area contributed by atoms with Gasteiger partial charge in [-0.25, -0.2) is 4.98 Å². The molecule has 2 N–H and O–H groups in total. The molecule has 4 nitrogen and oxygen atoms in total. The highest BCUT2D eigenvalue weighted by molar-refractivity contribution is 6.33. The Morgan fingerprint density at radius 3 is 2.67 bits per heavy atom. The number of hydrogen-bond acceptors (Lipinski definition) is 3. The van der Waals surface area contributed by atoms with E-state index >= 15 is 0 Å². The Morgan fingerprint density at radius 2 is 2.06 bits per heavy atom. The number of aromatic nitrogens is 1. The second kappa shape index (κ2) is 5.14. The average Bonchev–Trinajstić information content (AvgIpc) is 2.32. The van der Waals surface area contributed by atoms with E-state index in [2.05, 4.69) is 18.8 Å². The Hall–Kier alpha value is -1.29. The van der Waals surface area contributed by atoms with Crippen LogP contribution in [0.15, 0.2) is 12.3 Å². The van der Waals surface area contributed by atoms with Gasteiger partial charge < -0.3 is 10.6 Å². The van der Waals surface area contributed by atoms with E-state index in [9.17, 15) is 4.79 Å². The lowest BCUT2D eigenvalue weighted by Gasteiger charge is -2.39. The number of likely N-dealkylation sites (tertiary alicyclic amines) is 1. The lowest BCUT2D eigenvalue weighted by Crippen LogP contribution is -2.47. The number of anilines is 1. The molecule has 0 bridgehead atoms. The molecule has 5 heteroatoms. The van der Waals surface area contributed by atoms with Gasteiger partial charge in [0.1, 0.15) is 5.82 Å². The smallest absolute Gasteiger partial charge is 0.256 e. The summed E-state index contributed by atoms with van der Waals surface area (Å²) in [5.41, 5.74) is 6.07. The number of amides is 1. The number of nitrogen functional groups attached to an aromatic ring is 1. The molecule has 1 aromatic rings. The second-order valence-electron chi connectivity index (χ2n) is 4.93. The van der Waals surface area contributed by atoms with E-state index in [1.54, 1.807) is 6.07 Å². The Bertz CT molecular complexity index is 454. The van der Waals surface area contributed by atoms with Crippen molar-refractivity contribution in [1.82, 2.24) is 9.88 Å². The van der Waals surface area contributed by atoms with Crippen molar-refractivity contribution in [3.63, 3.8) is 0 Å². The van der Waals surface area contributed by atoms with Crippen molar-refractivity contribution in [2.24, 2.45) is 0 Å². The van der Waals surface area contributed by atoms with Crippen molar-refractivity contribution in [2.45, 2.75) is 45.2 Å². The molecule has 2 atom stereocenters. The number of carbonyl (C=O) groups is 1. The highest BCUT2D eigenvalue weighted by Crippen LogP contribution is 2.27. The van der Waals surface area contributed by atoms with Crippen LogP contribution < -0.4 is 5.73 Å². The van der Waals surface area contributed by atoms with Gasteiger partial charge in [0, 0.05) is 18.3 Å². The van der Waals surface area contributed by atoms with E-state index in [-0.39, 0.29) is 18.0 Å². The van der Waals surface area contributed by atoms with Crippen LogP contribution in [0.25, 0.3) is 0 Å². The molecule has 2 rings (SSSR count). The van der Waals surface area contributed by atoms with Gasteiger partial charge in [-0.15, -0.1) is 0 Å². The molecule has 1 saturated heterocycles. The lowest BCUT2D eigenvalue weighted by atomic mass is 9.96. The lowest BCUT2D eigenvalue weighted by molar-refractivity contribution is 0.0511. The van der Waals surface area contributed by atoms with Crippen molar-refractivity contribution in [3.05, 3.63) is 22.8 Å². The first-order valence-corrected chi connectivity index (χ1v) is 6.62. The molecule has 1 aliphatic rings. The van der Waals surface area contributed by atoms with Crippen molar-refractivity contribution < 1.29 is 4.79 Å². The summed E-state index contributed by atoms with van der Waals surface area (Å²) in [4.78, 5) is 18.3. The van der Waals surface area contributed by atoms with Gasteiger partial charge in [-0.05, 0) is 39.2 Å². The molecule has 18 heavy (non-hydrogen) atoms. The summed E-state index contributed by atoms with van der Waals surface area (Å²) in [6.45, 7) is 4.15. The zero-order chi connectivity index (χ0) is 13.3. The molecule has 0 aromatic carbocycles. The predicted octanol–water partition coefficient (Wildman–Crippen LogP) is 2.72. The van der Waals surface area contributed by atoms with Crippen LogP contribution in [0.2, 0.25) is 5.02 Å². The number of halogens is 1. The highest BCUT2D eigenvalue weighted by atomic mass is 35.5. The minimum absolute atomic E-state index is 0.0474. The fourth-order valence-corrected chi connectivity index (χ4v) is 2.76. The largest absolute Gasteiger partial charge is 0.384 e. The number of nitrogens with two attached hydrogens (primary N) is 1. The minimum Gasteiger partial charge on any atom is -0.384 e. The van der Waals surface area contributed by atoms with E-state index < -0.39 is 0 Å². The van der Waals surface area contributed by atoms with Crippen molar-refractivity contribution in [2.75, 3.05) is 5.73 Å². The van der Waals surface area contributed by atoms with Crippen molar-refractivity contribution in [1.29, 1.82) is 0 Å². The maximum absolute atomic E-state index is 12.6. The van der Waals surface area contributed by atoms with E-state index in [1.807, 2.05) is 4.90 Å². The van der Waals surface area contributed by atoms with Crippen LogP contribution >= 0.6 is 11.6 Å². The van der Waals surface area contributed by atoms with Gasteiger partial charge in [-0.2, -0.15) is 0 Å². The molecule has 0 radical (unpaired) electrons. The van der Waals surface area contributed by atoms with E-state index in [0.29, 0.717) is 16.4 Å². The van der Waals surface area contributed by atoms with Gasteiger partial charge in [-0.1, -0.05) is 11.6 Å². The van der Waals surface area contributed by atoms with Gasteiger partial charge in [0.25, 0.3) is 5.91 Å². The fourth-order valence-electron chi connectivity index (χ4n) is 2.58. The first-order chi connectivity index (χ1) is 8.50. The molecule has 0 spiro atoms. The number of rotatable bonds is 1. The highest BCUT2D eigenvalue weighted by Gasteiger charge is 2.30. The van der Waals surface area contributed by atoms with Gasteiger partial charge in [0.05, 0.1) is 10.6 Å². The summed E-state index contributed by atoms with van der Waals surface area (Å²) in [6.07, 6.45) is 4.67. The zero-order valence-electron chi connectivity index (χ0n) is 10.7. The van der Waals surface area contributed by atoms with Crippen molar-refractivity contribution >= 4 is 23.3 Å². The third-order valence-corrected chi connectivity index (χ3v) is 3.84. The first kappa shape index (κ1) is 13.1. The Kier molecular flexibility index (Phi) is 3.76. The molecule has 1 amide bonds. The Balaban J connectivity index is 2.32. The summed E-state index contributed by atoms with van der Waals surface area (Å²) in [7, 11) is 0. The predicted molar refractivity (Wildman–Crippen MR) is 72.6 cm³/mol. The summed E-state index contributed by atoms with van der Waals surface area (Å²) >= 11 is 6.04. The molecular formula is C13H18ClN3O. The number of pyridine rings is 1. The molecule has 1 aromatic heterocycles. The van der Waals surface area contributed by atoms with Crippen LogP contribution in [0.5, 0.6) is 0 Å². The van der Waals surface area contributed by atoms with Crippen LogP contribution in [0, 0.1) is 0 Å². The number of piperidine rings is 1. The molecule has 0 aliphatic carbocycles. The summed E-state index contributed by atoms with van der Waals surface area (Å²) < 4.78 is 0. The van der Waals surface area contributed by atoms with Crippen LogP contribution in [-0.4, -0.2) is 27.9 Å². The first-order valence-electron chi connectivity index (χ1n) is 6.24. The summed E-state index contributed by atoms with van der Waals surface area (Å²) in [5.74, 6) is 0.272. The molecular weight excluding hydrogens is 250 g/mol. The van der Waals surface area contributed by atoms with Crippen LogP contribution in [-0.2, 0) is 0 Å². The SMILES string of the molecule is C[C@@H]1CCC[C@H](C)N1C(=O)c1cc(N)ncc1Cl. The normalized spacial score (nSPS) is 24.1. The van der Waals surface area contributed by atoms with E-state index in [0.717, 1.165) is 12.8 Å². The standard InChI is InChI=1S/C13H18ClN3O/c1-8-4-3-5-9(2)17(8)13(18)10-6-12(15)16-7-11(10)14/h6-9H,3-5H2,1-2H3,(H2,15,16)/t8-,9+. The zero-order valence-corrected chi connectivity index (χ0v) is 11.4. The molecule has 98 valence electrons. The Labute approximate surface area is 112 Å². The average molecular weight is 268 g/mol. The van der Waals surface area contributed by atoms with E-state index in [4.69, 9.17) is 17.3 Å². The molecule has 2 heterocycles. The van der Waals surface area contributed by atoms with Gasteiger partial charge in [0.2, 0.25) is 0 Å². The third-order valence-electron chi connectivity index (χ3n) is 3.53. The third kappa shape index (κ3) is 2.43. The van der Waals surface area contributed by atoms with Gasteiger partial charge in [-0.3, -0.25) is 4.79 Å². The molecule has 1 fully saturated rings. The second-order valence-corrected chi connectivity index (χ2v) is 5.34. The van der Waals surface area contributed by atoms with E-state index in [1.165, 1.54) is 12.6 Å². The maximum Gasteiger partial charge on any atom is 0.256 e. The molecule has 1 aliphatic heterocycles. The topological polar surface area (TPSA) is 59.2 Å². The molecule has 0 saturated carbocycles. The van der Waals surface area contributed by atoms with Gasteiger partial charge >= 0.3 is 0 Å².